The fourth-order valence-corrected chi connectivity index (χ4v) is 4.01. The lowest BCUT2D eigenvalue weighted by Crippen LogP contribution is -2.47. The normalized spacial score (nSPS) is 25.0. The Labute approximate surface area is 132 Å². The van der Waals surface area contributed by atoms with Crippen molar-refractivity contribution < 1.29 is 13.2 Å². The van der Waals surface area contributed by atoms with Crippen LogP contribution >= 0.6 is 11.3 Å². The highest BCUT2D eigenvalue weighted by molar-refractivity contribution is 7.13. The van der Waals surface area contributed by atoms with Gasteiger partial charge >= 0.3 is 6.18 Å². The number of halogens is 3. The van der Waals surface area contributed by atoms with E-state index in [2.05, 4.69) is 15.2 Å². The van der Waals surface area contributed by atoms with E-state index in [0.29, 0.717) is 19.1 Å². The molecule has 1 N–H and O–H groups in total. The number of nitrogens with one attached hydrogen (secondary N) is 1. The van der Waals surface area contributed by atoms with E-state index in [1.54, 1.807) is 11.3 Å². The van der Waals surface area contributed by atoms with Crippen molar-refractivity contribution in [3.63, 3.8) is 0 Å². The molecule has 124 valence electrons. The Morgan fingerprint density at radius 3 is 2.55 bits per heavy atom. The maximum atomic E-state index is 12.4. The summed E-state index contributed by atoms with van der Waals surface area (Å²) in [6.07, 6.45) is 0.583. The molecule has 0 radical (unpaired) electrons. The third-order valence-corrected chi connectivity index (χ3v) is 5.16. The van der Waals surface area contributed by atoms with Crippen molar-refractivity contribution in [3.8, 4) is 0 Å². The van der Waals surface area contributed by atoms with Gasteiger partial charge in [-0.3, -0.25) is 4.90 Å². The highest BCUT2D eigenvalue weighted by Gasteiger charge is 2.35. The minimum absolute atomic E-state index is 0.193. The van der Waals surface area contributed by atoms with Crippen molar-refractivity contribution in [2.45, 2.75) is 37.5 Å². The standard InChI is InChI=1S/C14H21F3N4S/c15-14(16,17)10-20-5-1-12(9-20)19-11-2-6-21(7-3-11)13-18-4-8-22-13/h4,8,11-12,19H,1-3,5-7,9-10H2/t12-/m1/s1. The number of hydrogen-bond donors (Lipinski definition) is 1. The van der Waals surface area contributed by atoms with Crippen LogP contribution in [0.2, 0.25) is 0 Å². The summed E-state index contributed by atoms with van der Waals surface area (Å²) in [6, 6.07) is 0.603. The average Bonchev–Trinajstić information content (AvgIpc) is 3.10. The predicted octanol–water partition coefficient (Wildman–Crippen LogP) is 2.34. The Balaban J connectivity index is 1.40. The Kier molecular flexibility index (Phi) is 4.89. The summed E-state index contributed by atoms with van der Waals surface area (Å²) in [6.45, 7) is 2.18. The van der Waals surface area contributed by atoms with E-state index in [1.807, 2.05) is 11.6 Å². The van der Waals surface area contributed by atoms with Crippen molar-refractivity contribution in [1.29, 1.82) is 0 Å². The number of rotatable bonds is 4. The predicted molar refractivity (Wildman–Crippen MR) is 81.4 cm³/mol. The van der Waals surface area contributed by atoms with Gasteiger partial charge in [-0.05, 0) is 19.3 Å². The molecule has 2 fully saturated rings. The summed E-state index contributed by atoms with van der Waals surface area (Å²) >= 11 is 1.65. The quantitative estimate of drug-likeness (QED) is 0.916. The van der Waals surface area contributed by atoms with Crippen molar-refractivity contribution in [2.24, 2.45) is 0 Å². The summed E-state index contributed by atoms with van der Waals surface area (Å²) < 4.78 is 37.2. The molecule has 2 saturated heterocycles. The third-order valence-electron chi connectivity index (χ3n) is 4.33. The zero-order valence-electron chi connectivity index (χ0n) is 12.4. The molecule has 22 heavy (non-hydrogen) atoms. The van der Waals surface area contributed by atoms with Gasteiger partial charge in [0, 0.05) is 49.8 Å². The molecule has 0 amide bonds. The zero-order valence-corrected chi connectivity index (χ0v) is 13.2. The largest absolute Gasteiger partial charge is 0.401 e. The van der Waals surface area contributed by atoms with Crippen LogP contribution in [0.4, 0.5) is 18.3 Å². The molecule has 0 bridgehead atoms. The summed E-state index contributed by atoms with van der Waals surface area (Å²) in [5.74, 6) is 0. The molecular weight excluding hydrogens is 313 g/mol. The van der Waals surface area contributed by atoms with Crippen LogP contribution in [0, 0.1) is 0 Å². The first-order valence-electron chi connectivity index (χ1n) is 7.69. The molecule has 3 heterocycles. The molecule has 0 aliphatic carbocycles. The Hall–Kier alpha value is -0.860. The van der Waals surface area contributed by atoms with Gasteiger partial charge < -0.3 is 10.2 Å². The highest BCUT2D eigenvalue weighted by Crippen LogP contribution is 2.24. The van der Waals surface area contributed by atoms with Gasteiger partial charge in [0.25, 0.3) is 0 Å². The first-order valence-corrected chi connectivity index (χ1v) is 8.57. The summed E-state index contributed by atoms with van der Waals surface area (Å²) in [4.78, 5) is 8.11. The van der Waals surface area contributed by atoms with Crippen LogP contribution in [-0.4, -0.2) is 60.9 Å². The van der Waals surface area contributed by atoms with Crippen molar-refractivity contribution in [3.05, 3.63) is 11.6 Å². The van der Waals surface area contributed by atoms with E-state index in [4.69, 9.17) is 0 Å². The van der Waals surface area contributed by atoms with Crippen LogP contribution in [0.1, 0.15) is 19.3 Å². The van der Waals surface area contributed by atoms with Gasteiger partial charge in [0.05, 0.1) is 6.54 Å². The monoisotopic (exact) mass is 334 g/mol. The summed E-state index contributed by atoms with van der Waals surface area (Å²) in [5.41, 5.74) is 0. The van der Waals surface area contributed by atoms with Crippen LogP contribution in [0.15, 0.2) is 11.6 Å². The minimum Gasteiger partial charge on any atom is -0.348 e. The summed E-state index contributed by atoms with van der Waals surface area (Å²) in [5, 5.41) is 6.59. The van der Waals surface area contributed by atoms with Crippen LogP contribution < -0.4 is 10.2 Å². The molecule has 1 aromatic rings. The van der Waals surface area contributed by atoms with Crippen LogP contribution in [0.5, 0.6) is 0 Å². The van der Waals surface area contributed by atoms with Gasteiger partial charge in [-0.1, -0.05) is 0 Å². The lowest BCUT2D eigenvalue weighted by atomic mass is 10.0. The molecule has 2 aliphatic rings. The fourth-order valence-electron chi connectivity index (χ4n) is 3.31. The third kappa shape index (κ3) is 4.33. The first-order chi connectivity index (χ1) is 10.5. The van der Waals surface area contributed by atoms with Crippen LogP contribution in [0.25, 0.3) is 0 Å². The fraction of sp³-hybridized carbons (Fsp3) is 0.786. The Morgan fingerprint density at radius 1 is 1.18 bits per heavy atom. The molecule has 8 heteroatoms. The molecule has 0 saturated carbocycles. The lowest BCUT2D eigenvalue weighted by molar-refractivity contribution is -0.143. The first kappa shape index (κ1) is 16.0. The molecular formula is C14H21F3N4S. The highest BCUT2D eigenvalue weighted by atomic mass is 32.1. The van der Waals surface area contributed by atoms with Gasteiger partial charge in [-0.15, -0.1) is 11.3 Å². The maximum Gasteiger partial charge on any atom is 0.401 e. The van der Waals surface area contributed by atoms with E-state index in [9.17, 15) is 13.2 Å². The molecule has 0 spiro atoms. The summed E-state index contributed by atoms with van der Waals surface area (Å²) in [7, 11) is 0. The van der Waals surface area contributed by atoms with Gasteiger partial charge in [-0.25, -0.2) is 4.98 Å². The van der Waals surface area contributed by atoms with Crippen LogP contribution in [0.3, 0.4) is 0 Å². The number of aromatic nitrogens is 1. The second-order valence-corrected chi connectivity index (χ2v) is 6.95. The number of thiazole rings is 1. The Bertz CT molecular complexity index is 457. The number of nitrogens with zero attached hydrogens (tertiary/aromatic N) is 3. The molecule has 4 nitrogen and oxygen atoms in total. The topological polar surface area (TPSA) is 31.4 Å². The van der Waals surface area contributed by atoms with Gasteiger partial charge in [0.15, 0.2) is 5.13 Å². The molecule has 0 aromatic carbocycles. The number of alkyl halides is 3. The zero-order chi connectivity index (χ0) is 15.6. The second kappa shape index (κ2) is 6.72. The van der Waals surface area contributed by atoms with Gasteiger partial charge in [0.2, 0.25) is 0 Å². The van der Waals surface area contributed by atoms with Crippen molar-refractivity contribution in [2.75, 3.05) is 37.6 Å². The van der Waals surface area contributed by atoms with Crippen molar-refractivity contribution >= 4 is 16.5 Å². The molecule has 1 aromatic heterocycles. The van der Waals surface area contributed by atoms with E-state index in [-0.39, 0.29) is 6.04 Å². The van der Waals surface area contributed by atoms with E-state index >= 15 is 0 Å². The SMILES string of the molecule is FC(F)(F)CN1CC[C@@H](NC2CCN(c3nccs3)CC2)C1. The smallest absolute Gasteiger partial charge is 0.348 e. The molecule has 2 aliphatic heterocycles. The van der Waals surface area contributed by atoms with Gasteiger partial charge in [-0.2, -0.15) is 13.2 Å². The molecule has 3 rings (SSSR count). The minimum atomic E-state index is -4.09. The lowest BCUT2D eigenvalue weighted by Gasteiger charge is -2.33. The van der Waals surface area contributed by atoms with Crippen molar-refractivity contribution in [1.82, 2.24) is 15.2 Å². The van der Waals surface area contributed by atoms with Gasteiger partial charge in [0.1, 0.15) is 0 Å². The van der Waals surface area contributed by atoms with E-state index < -0.39 is 12.7 Å². The number of hydrogen-bond acceptors (Lipinski definition) is 5. The second-order valence-electron chi connectivity index (χ2n) is 6.08. The number of piperidine rings is 1. The number of likely N-dealkylation sites (tertiary alicyclic amines) is 1. The molecule has 0 unspecified atom stereocenters. The van der Waals surface area contributed by atoms with Crippen LogP contribution in [-0.2, 0) is 0 Å². The maximum absolute atomic E-state index is 12.4. The molecule has 1 atom stereocenters. The average molecular weight is 334 g/mol. The van der Waals surface area contributed by atoms with E-state index in [0.717, 1.165) is 37.5 Å². The Morgan fingerprint density at radius 2 is 1.91 bits per heavy atom. The van der Waals surface area contributed by atoms with E-state index in [1.165, 1.54) is 4.90 Å². The number of anilines is 1.